The number of rotatable bonds is 6. The second kappa shape index (κ2) is 6.75. The molecule has 1 N–H and O–H groups in total. The Morgan fingerprint density at radius 1 is 1.05 bits per heavy atom. The highest BCUT2D eigenvalue weighted by Gasteiger charge is 2.18. The first kappa shape index (κ1) is 14.1. The van der Waals surface area contributed by atoms with E-state index in [0.717, 1.165) is 17.7 Å². The quantitative estimate of drug-likeness (QED) is 0.843. The molecule has 3 heteroatoms. The Kier molecular flexibility index (Phi) is 4.77. The van der Waals surface area contributed by atoms with Gasteiger partial charge in [-0.25, -0.2) is 0 Å². The summed E-state index contributed by atoms with van der Waals surface area (Å²) < 4.78 is 5.69. The molecule has 0 aliphatic carbocycles. The summed E-state index contributed by atoms with van der Waals surface area (Å²) in [5.41, 5.74) is 0.819. The molecule has 0 aromatic heterocycles. The largest absolute Gasteiger partial charge is 0.481 e. The first-order valence-electron chi connectivity index (χ1n) is 6.76. The number of carbonyl (C=O) groups is 1. The smallest absolute Gasteiger partial charge is 0.310 e. The van der Waals surface area contributed by atoms with Crippen LogP contribution in [0.15, 0.2) is 54.6 Å². The molecule has 0 saturated carbocycles. The molecule has 0 fully saturated rings. The number of benzene rings is 2. The van der Waals surface area contributed by atoms with Gasteiger partial charge in [-0.1, -0.05) is 43.7 Å². The third kappa shape index (κ3) is 3.60. The molecular formula is C17H18O3. The number of hydrogen-bond donors (Lipinski definition) is 1. The predicted molar refractivity (Wildman–Crippen MR) is 78.2 cm³/mol. The molecule has 3 nitrogen and oxygen atoms in total. The van der Waals surface area contributed by atoms with Crippen LogP contribution in [0.25, 0.3) is 0 Å². The normalized spacial score (nSPS) is 11.8. The van der Waals surface area contributed by atoms with Crippen molar-refractivity contribution in [1.82, 2.24) is 0 Å². The highest BCUT2D eigenvalue weighted by Crippen LogP contribution is 2.26. The lowest BCUT2D eigenvalue weighted by Gasteiger charge is -2.12. The van der Waals surface area contributed by atoms with E-state index in [2.05, 4.69) is 0 Å². The van der Waals surface area contributed by atoms with Gasteiger partial charge in [0.15, 0.2) is 0 Å². The van der Waals surface area contributed by atoms with Crippen molar-refractivity contribution in [3.8, 4) is 11.5 Å². The van der Waals surface area contributed by atoms with Crippen molar-refractivity contribution in [3.05, 3.63) is 60.2 Å². The van der Waals surface area contributed by atoms with Crippen LogP contribution in [0.5, 0.6) is 11.5 Å². The highest BCUT2D eigenvalue weighted by atomic mass is 16.5. The van der Waals surface area contributed by atoms with Crippen molar-refractivity contribution in [1.29, 1.82) is 0 Å². The zero-order valence-corrected chi connectivity index (χ0v) is 11.5. The maximum atomic E-state index is 11.2. The fourth-order valence-electron chi connectivity index (χ4n) is 2.11. The number of carboxylic acids is 1. The summed E-state index contributed by atoms with van der Waals surface area (Å²) in [5, 5.41) is 9.23. The topological polar surface area (TPSA) is 46.5 Å². The Labute approximate surface area is 118 Å². The van der Waals surface area contributed by atoms with Gasteiger partial charge in [0.1, 0.15) is 11.5 Å². The highest BCUT2D eigenvalue weighted by molar-refractivity contribution is 5.76. The second-order valence-corrected chi connectivity index (χ2v) is 4.66. The van der Waals surface area contributed by atoms with E-state index in [1.54, 1.807) is 0 Å². The summed E-state index contributed by atoms with van der Waals surface area (Å²) in [6, 6.07) is 16.8. The lowest BCUT2D eigenvalue weighted by Crippen LogP contribution is -2.11. The van der Waals surface area contributed by atoms with Gasteiger partial charge >= 0.3 is 5.97 Å². The molecule has 2 rings (SSSR count). The molecule has 0 amide bonds. The van der Waals surface area contributed by atoms with Crippen LogP contribution in [0.4, 0.5) is 0 Å². The van der Waals surface area contributed by atoms with E-state index in [4.69, 9.17) is 4.74 Å². The third-order valence-corrected chi connectivity index (χ3v) is 3.14. The average molecular weight is 270 g/mol. The molecule has 0 radical (unpaired) electrons. The zero-order valence-electron chi connectivity index (χ0n) is 11.5. The van der Waals surface area contributed by atoms with Gasteiger partial charge in [0.25, 0.3) is 0 Å². The average Bonchev–Trinajstić information content (AvgIpc) is 2.47. The van der Waals surface area contributed by atoms with Crippen molar-refractivity contribution < 1.29 is 14.6 Å². The van der Waals surface area contributed by atoms with Crippen molar-refractivity contribution in [2.45, 2.75) is 25.7 Å². The minimum Gasteiger partial charge on any atom is -0.481 e. The van der Waals surface area contributed by atoms with E-state index in [1.165, 1.54) is 0 Å². The van der Waals surface area contributed by atoms with Gasteiger partial charge in [-0.2, -0.15) is 0 Å². The summed E-state index contributed by atoms with van der Waals surface area (Å²) >= 11 is 0. The maximum Gasteiger partial charge on any atom is 0.310 e. The van der Waals surface area contributed by atoms with E-state index < -0.39 is 11.9 Å². The fourth-order valence-corrected chi connectivity index (χ4v) is 2.11. The molecule has 0 spiro atoms. The van der Waals surface area contributed by atoms with Gasteiger partial charge in [0, 0.05) is 0 Å². The molecule has 0 aliphatic rings. The molecule has 0 heterocycles. The molecule has 2 aromatic carbocycles. The Hall–Kier alpha value is -2.29. The van der Waals surface area contributed by atoms with E-state index in [9.17, 15) is 9.90 Å². The number of carboxylic acid groups (broad SMARTS) is 1. The third-order valence-electron chi connectivity index (χ3n) is 3.14. The summed E-state index contributed by atoms with van der Waals surface area (Å²) in [6.07, 6.45) is 1.49. The van der Waals surface area contributed by atoms with E-state index >= 15 is 0 Å². The lowest BCUT2D eigenvalue weighted by atomic mass is 9.95. The van der Waals surface area contributed by atoms with E-state index in [0.29, 0.717) is 12.2 Å². The Bertz CT molecular complexity index is 546. The Balaban J connectivity index is 2.11. The van der Waals surface area contributed by atoms with Crippen molar-refractivity contribution in [2.75, 3.05) is 0 Å². The second-order valence-electron chi connectivity index (χ2n) is 4.66. The first-order valence-corrected chi connectivity index (χ1v) is 6.76. The van der Waals surface area contributed by atoms with Crippen LogP contribution in [0, 0.1) is 0 Å². The van der Waals surface area contributed by atoms with Crippen LogP contribution in [0.3, 0.4) is 0 Å². The number of para-hydroxylation sites is 1. The molecule has 0 saturated heterocycles. The van der Waals surface area contributed by atoms with Crippen LogP contribution in [0.1, 0.15) is 31.2 Å². The van der Waals surface area contributed by atoms with Crippen molar-refractivity contribution in [3.63, 3.8) is 0 Å². The Morgan fingerprint density at radius 3 is 2.20 bits per heavy atom. The van der Waals surface area contributed by atoms with Gasteiger partial charge in [-0.05, 0) is 36.2 Å². The van der Waals surface area contributed by atoms with Crippen LogP contribution < -0.4 is 4.74 Å². The summed E-state index contributed by atoms with van der Waals surface area (Å²) in [4.78, 5) is 11.2. The van der Waals surface area contributed by atoms with Crippen molar-refractivity contribution in [2.24, 2.45) is 0 Å². The van der Waals surface area contributed by atoms with Gasteiger partial charge in [-0.3, -0.25) is 4.79 Å². The summed E-state index contributed by atoms with van der Waals surface area (Å²) in [7, 11) is 0. The SMILES string of the molecule is CCC[C@@H](C(=O)O)c1ccc(Oc2ccccc2)cc1. The summed E-state index contributed by atoms with van der Waals surface area (Å²) in [6.45, 7) is 1.99. The van der Waals surface area contributed by atoms with Gasteiger partial charge in [0.05, 0.1) is 5.92 Å². The standard InChI is InChI=1S/C17H18O3/c1-2-6-16(17(18)19)13-9-11-15(12-10-13)20-14-7-4-3-5-8-14/h3-5,7-12,16H,2,6H2,1H3,(H,18,19)/t16-/m1/s1. The van der Waals surface area contributed by atoms with Gasteiger partial charge in [0.2, 0.25) is 0 Å². The molecular weight excluding hydrogens is 252 g/mol. The molecule has 104 valence electrons. The Morgan fingerprint density at radius 2 is 1.65 bits per heavy atom. The minimum atomic E-state index is -0.774. The predicted octanol–water partition coefficient (Wildman–Crippen LogP) is 4.45. The zero-order chi connectivity index (χ0) is 14.4. The minimum absolute atomic E-state index is 0.439. The van der Waals surface area contributed by atoms with E-state index in [1.807, 2.05) is 61.5 Å². The maximum absolute atomic E-state index is 11.2. The number of aliphatic carboxylic acids is 1. The van der Waals surface area contributed by atoms with Crippen LogP contribution >= 0.6 is 0 Å². The van der Waals surface area contributed by atoms with Crippen LogP contribution in [-0.4, -0.2) is 11.1 Å². The fraction of sp³-hybridized carbons (Fsp3) is 0.235. The van der Waals surface area contributed by atoms with Gasteiger partial charge in [-0.15, -0.1) is 0 Å². The molecule has 0 aliphatic heterocycles. The monoisotopic (exact) mass is 270 g/mol. The molecule has 20 heavy (non-hydrogen) atoms. The van der Waals surface area contributed by atoms with Crippen LogP contribution in [0.2, 0.25) is 0 Å². The number of hydrogen-bond acceptors (Lipinski definition) is 2. The molecule has 0 bridgehead atoms. The summed E-state index contributed by atoms with van der Waals surface area (Å²) in [5.74, 6) is 0.263. The van der Waals surface area contributed by atoms with Gasteiger partial charge < -0.3 is 9.84 Å². The lowest BCUT2D eigenvalue weighted by molar-refractivity contribution is -0.139. The molecule has 2 aromatic rings. The molecule has 1 atom stereocenters. The van der Waals surface area contributed by atoms with Crippen molar-refractivity contribution >= 4 is 5.97 Å². The first-order chi connectivity index (χ1) is 9.70. The van der Waals surface area contributed by atoms with Crippen LogP contribution in [-0.2, 0) is 4.79 Å². The van der Waals surface area contributed by atoms with E-state index in [-0.39, 0.29) is 0 Å². The number of ether oxygens (including phenoxy) is 1. The molecule has 0 unspecified atom stereocenters.